The van der Waals surface area contributed by atoms with E-state index in [0.29, 0.717) is 17.8 Å². The first-order chi connectivity index (χ1) is 18.1. The minimum atomic E-state index is -1.14. The average molecular weight is 518 g/mol. The quantitative estimate of drug-likeness (QED) is 0.406. The van der Waals surface area contributed by atoms with Gasteiger partial charge < -0.3 is 20.1 Å². The van der Waals surface area contributed by atoms with Gasteiger partial charge >= 0.3 is 11.9 Å². The summed E-state index contributed by atoms with van der Waals surface area (Å²) in [5.74, 6) is -0.783. The van der Waals surface area contributed by atoms with E-state index in [0.717, 1.165) is 37.6 Å². The zero-order valence-electron chi connectivity index (χ0n) is 22.6. The Morgan fingerprint density at radius 2 is 1.87 bits per heavy atom. The molecule has 1 aromatic heterocycles. The minimum absolute atomic E-state index is 0.119. The number of carbonyl (C=O) groups is 2. The Hall–Kier alpha value is -2.93. The lowest BCUT2D eigenvalue weighted by Gasteiger charge is -2.57. The van der Waals surface area contributed by atoms with Crippen molar-refractivity contribution in [3.05, 3.63) is 48.3 Å². The molecule has 2 aromatic rings. The second-order valence-electron chi connectivity index (χ2n) is 12.6. The molecular formula is C31H39N3O4. The van der Waals surface area contributed by atoms with Gasteiger partial charge in [0.1, 0.15) is 18.5 Å². The molecule has 1 aromatic carbocycles. The molecule has 2 saturated carbocycles. The number of carboxylic acid groups (broad SMARTS) is 1. The Balaban J connectivity index is 1.19. The summed E-state index contributed by atoms with van der Waals surface area (Å²) in [5.41, 5.74) is 11.2. The van der Waals surface area contributed by atoms with Crippen LogP contribution in [0, 0.1) is 34.5 Å². The van der Waals surface area contributed by atoms with Crippen LogP contribution in [0.1, 0.15) is 65.7 Å². The Labute approximate surface area is 224 Å². The Bertz CT molecular complexity index is 1340. The molecule has 3 N–H and O–H groups in total. The highest BCUT2D eigenvalue weighted by Crippen LogP contribution is 2.65. The molecule has 202 valence electrons. The molecule has 2 fully saturated rings. The van der Waals surface area contributed by atoms with Crippen LogP contribution < -0.4 is 5.73 Å². The van der Waals surface area contributed by atoms with Crippen molar-refractivity contribution in [2.24, 2.45) is 40.2 Å². The number of hydrogen-bond donors (Lipinski definition) is 2. The number of allylic oxidation sites excluding steroid dienone is 3. The fraction of sp³-hybridized carbons (Fsp3) is 0.581. The highest BCUT2D eigenvalue weighted by atomic mass is 16.5. The number of imidazole rings is 1. The number of rotatable bonds is 5. The van der Waals surface area contributed by atoms with Gasteiger partial charge in [-0.05, 0) is 80.8 Å². The molecule has 0 saturated heterocycles. The Morgan fingerprint density at radius 1 is 1.11 bits per heavy atom. The number of nitrogens with two attached hydrogens (primary N) is 1. The number of carbonyl (C=O) groups excluding carboxylic acids is 1. The smallest absolute Gasteiger partial charge is 0.324 e. The molecule has 4 aliphatic rings. The van der Waals surface area contributed by atoms with E-state index < -0.39 is 23.9 Å². The normalized spacial score (nSPS) is 35.8. The lowest BCUT2D eigenvalue weighted by atomic mass is 9.47. The summed E-state index contributed by atoms with van der Waals surface area (Å²) in [7, 11) is 0. The molecule has 1 heterocycles. The van der Waals surface area contributed by atoms with Crippen LogP contribution in [0.3, 0.4) is 0 Å². The molecule has 0 radical (unpaired) electrons. The van der Waals surface area contributed by atoms with E-state index in [-0.39, 0.29) is 16.9 Å². The van der Waals surface area contributed by atoms with Crippen molar-refractivity contribution in [3.63, 3.8) is 0 Å². The van der Waals surface area contributed by atoms with Gasteiger partial charge in [-0.2, -0.15) is 0 Å². The monoisotopic (exact) mass is 517 g/mol. The third-order valence-electron chi connectivity index (χ3n) is 10.8. The van der Waals surface area contributed by atoms with Crippen LogP contribution in [0.25, 0.3) is 16.7 Å². The lowest BCUT2D eigenvalue weighted by Crippen LogP contribution is -2.50. The number of benzene rings is 1. The number of aromatic nitrogens is 2. The molecule has 7 heteroatoms. The Kier molecular flexibility index (Phi) is 6.06. The molecule has 0 amide bonds. The lowest BCUT2D eigenvalue weighted by molar-refractivity contribution is -0.158. The van der Waals surface area contributed by atoms with Crippen molar-refractivity contribution in [3.8, 4) is 0 Å². The number of aliphatic carboxylic acids is 1. The summed E-state index contributed by atoms with van der Waals surface area (Å²) in [4.78, 5) is 28.5. The molecule has 0 spiro atoms. The highest BCUT2D eigenvalue weighted by Gasteiger charge is 2.57. The van der Waals surface area contributed by atoms with Gasteiger partial charge in [0.2, 0.25) is 0 Å². The third-order valence-corrected chi connectivity index (χ3v) is 10.8. The summed E-state index contributed by atoms with van der Waals surface area (Å²) >= 11 is 0. The van der Waals surface area contributed by atoms with Crippen LogP contribution in [-0.2, 0) is 14.3 Å². The highest BCUT2D eigenvalue weighted by molar-refractivity contribution is 5.83. The van der Waals surface area contributed by atoms with E-state index in [1.165, 1.54) is 36.6 Å². The van der Waals surface area contributed by atoms with Gasteiger partial charge in [0, 0.05) is 17.5 Å². The van der Waals surface area contributed by atoms with E-state index in [9.17, 15) is 14.7 Å². The largest absolute Gasteiger partial charge is 0.481 e. The van der Waals surface area contributed by atoms with Gasteiger partial charge in [-0.25, -0.2) is 4.98 Å². The van der Waals surface area contributed by atoms with E-state index in [1.807, 2.05) is 12.4 Å². The number of para-hydroxylation sites is 2. The maximum absolute atomic E-state index is 12.6. The van der Waals surface area contributed by atoms with Crippen molar-refractivity contribution in [2.75, 3.05) is 0 Å². The fourth-order valence-electron chi connectivity index (χ4n) is 8.40. The van der Waals surface area contributed by atoms with Gasteiger partial charge in [0.15, 0.2) is 0 Å². The average Bonchev–Trinajstić information content (AvgIpc) is 3.48. The van der Waals surface area contributed by atoms with Crippen molar-refractivity contribution >= 4 is 28.7 Å². The maximum atomic E-state index is 12.6. The molecule has 0 aliphatic heterocycles. The molecule has 5 unspecified atom stereocenters. The number of ether oxygens (including phenoxy) is 1. The van der Waals surface area contributed by atoms with Crippen molar-refractivity contribution in [1.82, 2.24) is 9.55 Å². The van der Waals surface area contributed by atoms with Gasteiger partial charge in [0.05, 0.1) is 17.0 Å². The van der Waals surface area contributed by atoms with E-state index >= 15 is 0 Å². The molecule has 7 nitrogen and oxygen atoms in total. The SMILES string of the molecule is CC(C(=O)O)C(N)C(=O)O[C@H]1CC[C@@]2(C)C(=CCC3C2CC[C@]2(C)C(n4cnc5ccccc54)=CCC32)C1. The second-order valence-corrected chi connectivity index (χ2v) is 12.6. The van der Waals surface area contributed by atoms with Crippen LogP contribution in [0.5, 0.6) is 0 Å². The predicted molar refractivity (Wildman–Crippen MR) is 146 cm³/mol. The van der Waals surface area contributed by atoms with E-state index in [4.69, 9.17) is 10.5 Å². The molecule has 6 rings (SSSR count). The molecule has 0 bridgehead atoms. The summed E-state index contributed by atoms with van der Waals surface area (Å²) in [5, 5.41) is 9.20. The summed E-state index contributed by atoms with van der Waals surface area (Å²) < 4.78 is 8.08. The van der Waals surface area contributed by atoms with Crippen molar-refractivity contribution < 1.29 is 19.4 Å². The topological polar surface area (TPSA) is 107 Å². The predicted octanol–water partition coefficient (Wildman–Crippen LogP) is 5.41. The van der Waals surface area contributed by atoms with Crippen molar-refractivity contribution in [2.45, 2.75) is 77.9 Å². The number of hydrogen-bond acceptors (Lipinski definition) is 5. The first-order valence-electron chi connectivity index (χ1n) is 14.1. The summed E-state index contributed by atoms with van der Waals surface area (Å²) in [6.07, 6.45) is 13.7. The molecule has 8 atom stereocenters. The van der Waals surface area contributed by atoms with Crippen LogP contribution in [0.2, 0.25) is 0 Å². The molecule has 4 aliphatic carbocycles. The summed E-state index contributed by atoms with van der Waals surface area (Å²) in [6, 6.07) is 7.25. The zero-order valence-corrected chi connectivity index (χ0v) is 22.6. The standard InChI is InChI=1S/C31H39N3O4/c1-18(28(35)36)27(32)29(37)38-20-12-14-30(2)19(16-20)8-9-21-22-10-11-26(31(22,3)15-13-23(21)30)34-17-33-24-6-4-5-7-25(24)34/h4-8,11,17-18,20-23,27H,9-10,12-16,32H2,1-3H3,(H,35,36)/t18?,20-,21?,22?,23?,27?,30-,31-/m0/s1. The van der Waals surface area contributed by atoms with Crippen molar-refractivity contribution in [1.29, 1.82) is 0 Å². The van der Waals surface area contributed by atoms with Gasteiger partial charge in [-0.15, -0.1) is 0 Å². The van der Waals surface area contributed by atoms with E-state index in [2.05, 4.69) is 53.7 Å². The van der Waals surface area contributed by atoms with Gasteiger partial charge in [0.25, 0.3) is 0 Å². The third kappa shape index (κ3) is 3.76. The number of carboxylic acids is 1. The van der Waals surface area contributed by atoms with Gasteiger partial charge in [-0.1, -0.05) is 43.7 Å². The molecular weight excluding hydrogens is 478 g/mol. The van der Waals surface area contributed by atoms with E-state index in [1.54, 1.807) is 0 Å². The van der Waals surface area contributed by atoms with Crippen LogP contribution in [0.4, 0.5) is 0 Å². The minimum Gasteiger partial charge on any atom is -0.481 e. The molecule has 38 heavy (non-hydrogen) atoms. The first kappa shape index (κ1) is 25.4. The zero-order chi connectivity index (χ0) is 26.8. The fourth-order valence-corrected chi connectivity index (χ4v) is 8.40. The van der Waals surface area contributed by atoms with Crippen LogP contribution in [0.15, 0.2) is 48.3 Å². The first-order valence-corrected chi connectivity index (χ1v) is 14.1. The Morgan fingerprint density at radius 3 is 2.66 bits per heavy atom. The van der Waals surface area contributed by atoms with Crippen LogP contribution in [-0.4, -0.2) is 38.7 Å². The number of nitrogens with zero attached hydrogens (tertiary/aromatic N) is 2. The van der Waals surface area contributed by atoms with Crippen LogP contribution >= 0.6 is 0 Å². The summed E-state index contributed by atoms with van der Waals surface area (Å²) in [6.45, 7) is 6.35. The van der Waals surface area contributed by atoms with Gasteiger partial charge in [-0.3, -0.25) is 9.59 Å². The maximum Gasteiger partial charge on any atom is 0.324 e. The number of fused-ring (bicyclic) bond motifs is 6. The second kappa shape index (κ2) is 9.08. The number of esters is 1.